The van der Waals surface area contributed by atoms with Crippen molar-refractivity contribution < 1.29 is 9.53 Å². The SMILES string of the molecule is O=C(OC1CN2CCC1CC2)C1Cc2ccccc2N1Cc1ccccc1. The van der Waals surface area contributed by atoms with Crippen molar-refractivity contribution in [2.45, 2.75) is 38.0 Å². The molecule has 0 aliphatic carbocycles. The number of hydrogen-bond donors (Lipinski definition) is 0. The van der Waals surface area contributed by atoms with Gasteiger partial charge in [0, 0.05) is 25.2 Å². The fourth-order valence-corrected chi connectivity index (χ4v) is 4.91. The van der Waals surface area contributed by atoms with E-state index in [9.17, 15) is 4.79 Å². The van der Waals surface area contributed by atoms with Crippen LogP contribution in [0.4, 0.5) is 5.69 Å². The van der Waals surface area contributed by atoms with Gasteiger partial charge in [0.2, 0.25) is 0 Å². The summed E-state index contributed by atoms with van der Waals surface area (Å²) < 4.78 is 6.09. The van der Waals surface area contributed by atoms with Gasteiger partial charge in [-0.3, -0.25) is 4.90 Å². The maximum Gasteiger partial charge on any atom is 0.329 e. The Labute approximate surface area is 160 Å². The Morgan fingerprint density at radius 1 is 1.00 bits per heavy atom. The number of hydrogen-bond acceptors (Lipinski definition) is 4. The summed E-state index contributed by atoms with van der Waals surface area (Å²) in [7, 11) is 0. The molecule has 0 spiro atoms. The zero-order chi connectivity index (χ0) is 18.2. The molecule has 4 heterocycles. The van der Waals surface area contributed by atoms with Gasteiger partial charge in [0.05, 0.1) is 0 Å². The number of para-hydroxylation sites is 1. The van der Waals surface area contributed by atoms with E-state index in [0.29, 0.717) is 5.92 Å². The van der Waals surface area contributed by atoms with Gasteiger partial charge in [-0.2, -0.15) is 0 Å². The minimum Gasteiger partial charge on any atom is -0.459 e. The molecule has 2 atom stereocenters. The molecule has 6 rings (SSSR count). The number of anilines is 1. The molecule has 140 valence electrons. The first-order valence-electron chi connectivity index (χ1n) is 10.1. The average molecular weight is 362 g/mol. The van der Waals surface area contributed by atoms with Crippen molar-refractivity contribution in [1.29, 1.82) is 0 Å². The summed E-state index contributed by atoms with van der Waals surface area (Å²) in [5.74, 6) is 0.492. The van der Waals surface area contributed by atoms with Gasteiger partial charge < -0.3 is 9.64 Å². The first-order valence-corrected chi connectivity index (χ1v) is 10.1. The second kappa shape index (κ2) is 7.01. The number of esters is 1. The maximum absolute atomic E-state index is 13.2. The fraction of sp³-hybridized carbons (Fsp3) is 0.435. The smallest absolute Gasteiger partial charge is 0.329 e. The van der Waals surface area contributed by atoms with Crippen molar-refractivity contribution in [2.75, 3.05) is 24.5 Å². The largest absolute Gasteiger partial charge is 0.459 e. The lowest BCUT2D eigenvalue weighted by atomic mass is 9.86. The summed E-state index contributed by atoms with van der Waals surface area (Å²) in [6.07, 6.45) is 3.14. The van der Waals surface area contributed by atoms with Gasteiger partial charge in [-0.05, 0) is 49.0 Å². The summed E-state index contributed by atoms with van der Waals surface area (Å²) in [6, 6.07) is 18.5. The molecule has 2 aromatic carbocycles. The lowest BCUT2D eigenvalue weighted by molar-refractivity contribution is -0.160. The van der Waals surface area contributed by atoms with Crippen LogP contribution in [0.1, 0.15) is 24.0 Å². The topological polar surface area (TPSA) is 32.8 Å². The van der Waals surface area contributed by atoms with Crippen LogP contribution in [0.5, 0.6) is 0 Å². The molecular weight excluding hydrogens is 336 g/mol. The van der Waals surface area contributed by atoms with E-state index < -0.39 is 0 Å². The Morgan fingerprint density at radius 3 is 2.48 bits per heavy atom. The molecule has 0 amide bonds. The first kappa shape index (κ1) is 16.8. The van der Waals surface area contributed by atoms with Crippen LogP contribution in [-0.2, 0) is 22.5 Å². The lowest BCUT2D eigenvalue weighted by Crippen LogP contribution is -2.53. The molecule has 3 fully saturated rings. The maximum atomic E-state index is 13.2. The number of benzene rings is 2. The van der Waals surface area contributed by atoms with Crippen molar-refractivity contribution >= 4 is 11.7 Å². The van der Waals surface area contributed by atoms with Gasteiger partial charge in [-0.15, -0.1) is 0 Å². The quantitative estimate of drug-likeness (QED) is 0.782. The van der Waals surface area contributed by atoms with Gasteiger partial charge in [0.15, 0.2) is 0 Å². The van der Waals surface area contributed by atoms with E-state index in [1.807, 2.05) is 6.07 Å². The molecule has 0 radical (unpaired) electrons. The van der Waals surface area contributed by atoms with Gasteiger partial charge in [0.1, 0.15) is 12.1 Å². The Kier molecular flexibility index (Phi) is 4.36. The second-order valence-electron chi connectivity index (χ2n) is 8.08. The van der Waals surface area contributed by atoms with Crippen LogP contribution in [0.25, 0.3) is 0 Å². The van der Waals surface area contributed by atoms with Gasteiger partial charge in [0.25, 0.3) is 0 Å². The van der Waals surface area contributed by atoms with Crippen molar-refractivity contribution in [3.63, 3.8) is 0 Å². The van der Waals surface area contributed by atoms with E-state index in [2.05, 4.69) is 58.3 Å². The zero-order valence-electron chi connectivity index (χ0n) is 15.6. The number of rotatable bonds is 4. The van der Waals surface area contributed by atoms with Gasteiger partial charge >= 0.3 is 5.97 Å². The van der Waals surface area contributed by atoms with E-state index in [1.54, 1.807) is 0 Å². The van der Waals surface area contributed by atoms with Crippen LogP contribution in [0, 0.1) is 5.92 Å². The molecule has 2 bridgehead atoms. The summed E-state index contributed by atoms with van der Waals surface area (Å²) in [5.41, 5.74) is 3.62. The second-order valence-corrected chi connectivity index (χ2v) is 8.08. The molecule has 0 aromatic heterocycles. The number of nitrogens with zero attached hydrogens (tertiary/aromatic N) is 2. The van der Waals surface area contributed by atoms with Crippen LogP contribution in [0.3, 0.4) is 0 Å². The first-order chi connectivity index (χ1) is 13.3. The number of piperidine rings is 3. The third-order valence-electron chi connectivity index (χ3n) is 6.42. The van der Waals surface area contributed by atoms with E-state index in [1.165, 1.54) is 11.1 Å². The van der Waals surface area contributed by atoms with Crippen LogP contribution >= 0.6 is 0 Å². The number of carbonyl (C=O) groups excluding carboxylic acids is 1. The molecule has 4 aliphatic heterocycles. The van der Waals surface area contributed by atoms with E-state index >= 15 is 0 Å². The Bertz CT molecular complexity index is 814. The Hall–Kier alpha value is -2.33. The third-order valence-corrected chi connectivity index (χ3v) is 6.42. The zero-order valence-corrected chi connectivity index (χ0v) is 15.6. The lowest BCUT2D eigenvalue weighted by Gasteiger charge is -2.44. The molecule has 4 heteroatoms. The molecule has 4 nitrogen and oxygen atoms in total. The average Bonchev–Trinajstić information content (AvgIpc) is 3.08. The van der Waals surface area contributed by atoms with Crippen molar-refractivity contribution in [1.82, 2.24) is 4.90 Å². The monoisotopic (exact) mass is 362 g/mol. The molecule has 4 aliphatic rings. The molecule has 0 saturated carbocycles. The summed E-state index contributed by atoms with van der Waals surface area (Å²) in [6.45, 7) is 3.97. The minimum absolute atomic E-state index is 0.0547. The molecule has 2 aromatic rings. The molecule has 0 N–H and O–H groups in total. The highest BCUT2D eigenvalue weighted by Gasteiger charge is 2.40. The van der Waals surface area contributed by atoms with Gasteiger partial charge in [-0.25, -0.2) is 4.79 Å². The minimum atomic E-state index is -0.224. The molecule has 2 unspecified atom stereocenters. The van der Waals surface area contributed by atoms with Crippen LogP contribution < -0.4 is 4.90 Å². The van der Waals surface area contributed by atoms with Crippen molar-refractivity contribution in [2.24, 2.45) is 5.92 Å². The highest BCUT2D eigenvalue weighted by Crippen LogP contribution is 2.35. The normalized spacial score (nSPS) is 28.8. The van der Waals surface area contributed by atoms with Gasteiger partial charge in [-0.1, -0.05) is 48.5 Å². The van der Waals surface area contributed by atoms with Crippen LogP contribution in [0.15, 0.2) is 54.6 Å². The summed E-state index contributed by atoms with van der Waals surface area (Å²) in [5, 5.41) is 0. The Morgan fingerprint density at radius 2 is 1.74 bits per heavy atom. The Balaban J connectivity index is 1.36. The number of fused-ring (bicyclic) bond motifs is 4. The molecular formula is C23H26N2O2. The standard InChI is InChI=1S/C23H26N2O2/c26-23(27-22-16-24-12-10-18(22)11-13-24)21-14-19-8-4-5-9-20(19)25(21)15-17-6-2-1-3-7-17/h1-9,18,21-22H,10-16H2. The van der Waals surface area contributed by atoms with Crippen molar-refractivity contribution in [3.8, 4) is 0 Å². The summed E-state index contributed by atoms with van der Waals surface area (Å²) in [4.78, 5) is 17.8. The molecule has 3 saturated heterocycles. The van der Waals surface area contributed by atoms with E-state index in [4.69, 9.17) is 4.74 Å². The predicted molar refractivity (Wildman–Crippen MR) is 106 cm³/mol. The van der Waals surface area contributed by atoms with Crippen LogP contribution in [-0.4, -0.2) is 42.6 Å². The fourth-order valence-electron chi connectivity index (χ4n) is 4.91. The number of carbonyl (C=O) groups is 1. The molecule has 27 heavy (non-hydrogen) atoms. The van der Waals surface area contributed by atoms with E-state index in [0.717, 1.165) is 51.1 Å². The highest BCUT2D eigenvalue weighted by molar-refractivity contribution is 5.84. The number of ether oxygens (including phenoxy) is 1. The highest BCUT2D eigenvalue weighted by atomic mass is 16.5. The van der Waals surface area contributed by atoms with Crippen molar-refractivity contribution in [3.05, 3.63) is 65.7 Å². The summed E-state index contributed by atoms with van der Waals surface area (Å²) >= 11 is 0. The third kappa shape index (κ3) is 3.23. The predicted octanol–water partition coefficient (Wildman–Crippen LogP) is 3.26. The van der Waals surface area contributed by atoms with E-state index in [-0.39, 0.29) is 18.1 Å². The van der Waals surface area contributed by atoms with Crippen LogP contribution in [0.2, 0.25) is 0 Å².